The summed E-state index contributed by atoms with van der Waals surface area (Å²) in [6, 6.07) is 21.7. The summed E-state index contributed by atoms with van der Waals surface area (Å²) in [7, 11) is -3.32. The largest absolute Gasteiger partial charge is 0.279 e. The molecule has 30 heavy (non-hydrogen) atoms. The molecule has 0 spiro atoms. The van der Waals surface area contributed by atoms with Crippen LogP contribution in [0.5, 0.6) is 0 Å². The number of carbonyl (C=O) groups excluding carboxylic acids is 1. The van der Waals surface area contributed by atoms with Crippen molar-refractivity contribution in [3.8, 4) is 0 Å². The number of sulfone groups is 1. The third-order valence-corrected chi connectivity index (χ3v) is 6.97. The average Bonchev–Trinajstić information content (AvgIpc) is 3.17. The van der Waals surface area contributed by atoms with Crippen LogP contribution in [-0.2, 0) is 16.4 Å². The van der Waals surface area contributed by atoms with Crippen molar-refractivity contribution in [1.29, 1.82) is 0 Å². The van der Waals surface area contributed by atoms with Gasteiger partial charge in [-0.15, -0.1) is 0 Å². The summed E-state index contributed by atoms with van der Waals surface area (Å²) in [5, 5.41) is 0.611. The summed E-state index contributed by atoms with van der Waals surface area (Å²) in [6.07, 6.45) is 1.15. The number of para-hydroxylation sites is 1. The Kier molecular flexibility index (Phi) is 5.40. The maximum Gasteiger partial charge on any atom is 0.260 e. The number of rotatable bonds is 5. The predicted molar refractivity (Wildman–Crippen MR) is 121 cm³/mol. The standard InChI is InChI=1S/C23H20N2O3S2/c1-16-7-6-10-20-21(16)24-23(29-20)25(15-17-8-4-3-5-9-17)22(26)18-11-13-19(14-12-18)30(2,27)28/h3-14H,15H2,1-2H3. The van der Waals surface area contributed by atoms with Crippen molar-refractivity contribution in [3.05, 3.63) is 89.5 Å². The van der Waals surface area contributed by atoms with Gasteiger partial charge in [0.25, 0.3) is 5.91 Å². The van der Waals surface area contributed by atoms with Gasteiger partial charge in [0, 0.05) is 11.8 Å². The Balaban J connectivity index is 1.76. The SMILES string of the molecule is Cc1cccc2sc(N(Cc3ccccc3)C(=O)c3ccc(S(C)(=O)=O)cc3)nc12. The van der Waals surface area contributed by atoms with Gasteiger partial charge in [-0.25, -0.2) is 13.4 Å². The molecule has 5 nitrogen and oxygen atoms in total. The highest BCUT2D eigenvalue weighted by Crippen LogP contribution is 2.32. The Labute approximate surface area is 179 Å². The van der Waals surface area contributed by atoms with Gasteiger partial charge < -0.3 is 0 Å². The van der Waals surface area contributed by atoms with Crippen LogP contribution in [0, 0.1) is 6.92 Å². The number of nitrogens with zero attached hydrogens (tertiary/aromatic N) is 2. The molecule has 1 aromatic heterocycles. The summed E-state index contributed by atoms with van der Waals surface area (Å²) in [4.78, 5) is 20.0. The molecule has 0 aliphatic carbocycles. The zero-order valence-electron chi connectivity index (χ0n) is 16.6. The first kappa shape index (κ1) is 20.3. The number of anilines is 1. The van der Waals surface area contributed by atoms with Gasteiger partial charge in [0.05, 0.1) is 21.7 Å². The zero-order chi connectivity index (χ0) is 21.3. The smallest absolute Gasteiger partial charge is 0.260 e. The molecule has 0 fully saturated rings. The normalized spacial score (nSPS) is 11.5. The van der Waals surface area contributed by atoms with Crippen LogP contribution in [0.25, 0.3) is 10.2 Å². The number of thiazole rings is 1. The van der Waals surface area contributed by atoms with Crippen molar-refractivity contribution in [1.82, 2.24) is 4.98 Å². The van der Waals surface area contributed by atoms with E-state index in [1.54, 1.807) is 17.0 Å². The molecular weight excluding hydrogens is 416 g/mol. The molecule has 0 aliphatic heterocycles. The maximum absolute atomic E-state index is 13.4. The monoisotopic (exact) mass is 436 g/mol. The number of hydrogen-bond donors (Lipinski definition) is 0. The van der Waals surface area contributed by atoms with Gasteiger partial charge in [0.1, 0.15) is 0 Å². The van der Waals surface area contributed by atoms with Crippen molar-refractivity contribution in [2.75, 3.05) is 11.2 Å². The minimum atomic E-state index is -3.32. The molecule has 0 saturated carbocycles. The van der Waals surface area contributed by atoms with Crippen LogP contribution in [0.15, 0.2) is 77.7 Å². The Morgan fingerprint density at radius 1 is 0.967 bits per heavy atom. The molecule has 0 radical (unpaired) electrons. The average molecular weight is 437 g/mol. The van der Waals surface area contributed by atoms with Crippen LogP contribution in [0.3, 0.4) is 0 Å². The summed E-state index contributed by atoms with van der Waals surface area (Å²) in [5.41, 5.74) is 3.33. The Bertz CT molecular complexity index is 1310. The number of aryl methyl sites for hydroxylation is 1. The lowest BCUT2D eigenvalue weighted by Crippen LogP contribution is -2.30. The van der Waals surface area contributed by atoms with Gasteiger partial charge in [-0.05, 0) is 48.4 Å². The number of amides is 1. The molecule has 0 aliphatic rings. The lowest BCUT2D eigenvalue weighted by atomic mass is 10.1. The van der Waals surface area contributed by atoms with Gasteiger partial charge in [-0.1, -0.05) is 53.8 Å². The van der Waals surface area contributed by atoms with E-state index in [-0.39, 0.29) is 10.8 Å². The number of fused-ring (bicyclic) bond motifs is 1. The predicted octanol–water partition coefficient (Wildman–Crippen LogP) is 4.86. The molecule has 4 rings (SSSR count). The lowest BCUT2D eigenvalue weighted by Gasteiger charge is -2.20. The zero-order valence-corrected chi connectivity index (χ0v) is 18.2. The molecular formula is C23H20N2O3S2. The van der Waals surface area contributed by atoms with E-state index in [2.05, 4.69) is 0 Å². The summed E-state index contributed by atoms with van der Waals surface area (Å²) in [6.45, 7) is 2.37. The molecule has 1 amide bonds. The second-order valence-electron chi connectivity index (χ2n) is 7.09. The van der Waals surface area contributed by atoms with Crippen molar-refractivity contribution < 1.29 is 13.2 Å². The highest BCUT2D eigenvalue weighted by atomic mass is 32.2. The second-order valence-corrected chi connectivity index (χ2v) is 10.1. The lowest BCUT2D eigenvalue weighted by molar-refractivity contribution is 0.0985. The van der Waals surface area contributed by atoms with Crippen molar-refractivity contribution >= 4 is 42.4 Å². The van der Waals surface area contributed by atoms with E-state index in [0.717, 1.165) is 27.6 Å². The molecule has 1 heterocycles. The van der Waals surface area contributed by atoms with E-state index < -0.39 is 9.84 Å². The first-order valence-electron chi connectivity index (χ1n) is 9.35. The van der Waals surface area contributed by atoms with E-state index in [1.165, 1.54) is 23.5 Å². The molecule has 0 saturated heterocycles. The molecule has 0 atom stereocenters. The number of hydrogen-bond acceptors (Lipinski definition) is 5. The van der Waals surface area contributed by atoms with E-state index in [4.69, 9.17) is 4.98 Å². The van der Waals surface area contributed by atoms with E-state index >= 15 is 0 Å². The van der Waals surface area contributed by atoms with E-state index in [1.807, 2.05) is 55.5 Å². The topological polar surface area (TPSA) is 67.3 Å². The fourth-order valence-electron chi connectivity index (χ4n) is 3.18. The first-order valence-corrected chi connectivity index (χ1v) is 12.1. The van der Waals surface area contributed by atoms with Crippen molar-refractivity contribution in [2.24, 2.45) is 0 Å². The van der Waals surface area contributed by atoms with Crippen LogP contribution in [0.2, 0.25) is 0 Å². The van der Waals surface area contributed by atoms with Crippen LogP contribution < -0.4 is 4.90 Å². The van der Waals surface area contributed by atoms with Crippen LogP contribution in [0.1, 0.15) is 21.5 Å². The molecule has 0 unspecified atom stereocenters. The molecule has 152 valence electrons. The second kappa shape index (κ2) is 8.01. The van der Waals surface area contributed by atoms with Crippen molar-refractivity contribution in [2.45, 2.75) is 18.4 Å². The van der Waals surface area contributed by atoms with Gasteiger partial charge in [-0.3, -0.25) is 9.69 Å². The Hall–Kier alpha value is -3.03. The minimum Gasteiger partial charge on any atom is -0.279 e. The van der Waals surface area contributed by atoms with Crippen molar-refractivity contribution in [3.63, 3.8) is 0 Å². The summed E-state index contributed by atoms with van der Waals surface area (Å²) < 4.78 is 24.5. The van der Waals surface area contributed by atoms with Gasteiger partial charge in [-0.2, -0.15) is 0 Å². The van der Waals surface area contributed by atoms with Crippen LogP contribution in [0.4, 0.5) is 5.13 Å². The highest BCUT2D eigenvalue weighted by Gasteiger charge is 2.22. The fourth-order valence-corrected chi connectivity index (χ4v) is 4.85. The first-order chi connectivity index (χ1) is 14.3. The molecule has 4 aromatic rings. The summed E-state index contributed by atoms with van der Waals surface area (Å²) in [5.74, 6) is -0.226. The van der Waals surface area contributed by atoms with E-state index in [0.29, 0.717) is 17.2 Å². The molecule has 7 heteroatoms. The van der Waals surface area contributed by atoms with Gasteiger partial charge in [0.15, 0.2) is 15.0 Å². The number of carbonyl (C=O) groups is 1. The highest BCUT2D eigenvalue weighted by molar-refractivity contribution is 7.90. The number of aromatic nitrogens is 1. The molecule has 0 bridgehead atoms. The van der Waals surface area contributed by atoms with Crippen LogP contribution in [-0.4, -0.2) is 25.6 Å². The molecule has 3 aromatic carbocycles. The summed E-state index contributed by atoms with van der Waals surface area (Å²) >= 11 is 1.47. The maximum atomic E-state index is 13.4. The van der Waals surface area contributed by atoms with E-state index in [9.17, 15) is 13.2 Å². The number of benzene rings is 3. The third-order valence-electron chi connectivity index (χ3n) is 4.80. The quantitative estimate of drug-likeness (QED) is 0.448. The molecule has 0 N–H and O–H groups in total. The van der Waals surface area contributed by atoms with Crippen LogP contribution >= 0.6 is 11.3 Å². The fraction of sp³-hybridized carbons (Fsp3) is 0.130. The Morgan fingerprint density at radius 2 is 1.67 bits per heavy atom. The Morgan fingerprint density at radius 3 is 2.30 bits per heavy atom. The minimum absolute atomic E-state index is 0.185. The third kappa shape index (κ3) is 4.13. The van der Waals surface area contributed by atoms with Gasteiger partial charge in [0.2, 0.25) is 0 Å². The van der Waals surface area contributed by atoms with Gasteiger partial charge >= 0.3 is 0 Å².